The Hall–Kier alpha value is -2.32. The zero-order chi connectivity index (χ0) is 16.4. The Morgan fingerprint density at radius 1 is 1.22 bits per heavy atom. The number of hydrogen-bond acceptors (Lipinski definition) is 6. The van der Waals surface area contributed by atoms with E-state index in [2.05, 4.69) is 25.5 Å². The smallest absolute Gasteiger partial charge is 0.302 e. The lowest BCUT2D eigenvalue weighted by Gasteiger charge is -2.20. The average molecular weight is 331 g/mol. The van der Waals surface area contributed by atoms with Crippen LogP contribution in [0.4, 0.5) is 10.9 Å². The highest BCUT2D eigenvalue weighted by Crippen LogP contribution is 2.27. The summed E-state index contributed by atoms with van der Waals surface area (Å²) in [5.41, 5.74) is 1.77. The molecule has 23 heavy (non-hydrogen) atoms. The molecule has 3 rings (SSSR count). The van der Waals surface area contributed by atoms with Gasteiger partial charge < -0.3 is 10.2 Å². The second kappa shape index (κ2) is 6.43. The van der Waals surface area contributed by atoms with Crippen LogP contribution in [0.15, 0.2) is 18.2 Å². The Labute approximate surface area is 137 Å². The quantitative estimate of drug-likeness (QED) is 0.813. The van der Waals surface area contributed by atoms with Crippen molar-refractivity contribution in [2.75, 3.05) is 24.2 Å². The van der Waals surface area contributed by atoms with Gasteiger partial charge in [0.1, 0.15) is 5.82 Å². The lowest BCUT2D eigenvalue weighted by molar-refractivity contribution is -0.133. The number of fused-ring (bicyclic) bond motifs is 1. The van der Waals surface area contributed by atoms with Crippen LogP contribution >= 0.6 is 11.3 Å². The van der Waals surface area contributed by atoms with E-state index in [1.807, 2.05) is 20.0 Å². The third kappa shape index (κ3) is 3.72. The predicted molar refractivity (Wildman–Crippen MR) is 88.4 cm³/mol. The van der Waals surface area contributed by atoms with E-state index in [0.29, 0.717) is 10.9 Å². The molecule has 2 N–H and O–H groups in total. The molecular formula is C15H17N5O2S. The number of nitrogens with one attached hydrogen (secondary N) is 2. The molecule has 7 nitrogen and oxygen atoms in total. The maximum atomic E-state index is 12.0. The number of rotatable bonds is 2. The Bertz CT molecular complexity index is 758. The van der Waals surface area contributed by atoms with Crippen LogP contribution in [-0.2, 0) is 22.6 Å². The van der Waals surface area contributed by atoms with Gasteiger partial charge in [0.2, 0.25) is 0 Å². The van der Waals surface area contributed by atoms with Gasteiger partial charge in [0, 0.05) is 30.1 Å². The van der Waals surface area contributed by atoms with E-state index < -0.39 is 11.8 Å². The fourth-order valence-electron chi connectivity index (χ4n) is 2.32. The Morgan fingerprint density at radius 2 is 2.00 bits per heavy atom. The monoisotopic (exact) mass is 331 g/mol. The fraction of sp³-hybridized carbons (Fsp3) is 0.333. The maximum absolute atomic E-state index is 12.0. The van der Waals surface area contributed by atoms with Crippen molar-refractivity contribution in [3.05, 3.63) is 34.5 Å². The molecule has 0 aromatic carbocycles. The molecule has 0 saturated heterocycles. The van der Waals surface area contributed by atoms with Crippen molar-refractivity contribution in [1.29, 1.82) is 0 Å². The molecule has 2 aromatic rings. The van der Waals surface area contributed by atoms with Crippen molar-refractivity contribution in [2.24, 2.45) is 0 Å². The summed E-state index contributed by atoms with van der Waals surface area (Å²) in [4.78, 5) is 35.8. The summed E-state index contributed by atoms with van der Waals surface area (Å²) in [5, 5.41) is 5.50. The first kappa shape index (κ1) is 15.6. The summed E-state index contributed by atoms with van der Waals surface area (Å²) < 4.78 is 0. The zero-order valence-corrected chi connectivity index (χ0v) is 13.7. The maximum Gasteiger partial charge on any atom is 0.315 e. The minimum Gasteiger partial charge on any atom is -0.302 e. The number of pyridine rings is 1. The zero-order valence-electron chi connectivity index (χ0n) is 12.9. The minimum absolute atomic E-state index is 0.352. The number of likely N-dealkylation sites (N-methyl/N-ethyl adjacent to an activating group) is 1. The number of carbonyl (C=O) groups excluding carboxylic acids is 2. The van der Waals surface area contributed by atoms with Crippen LogP contribution in [0.25, 0.3) is 0 Å². The number of nitrogens with zero attached hydrogens (tertiary/aromatic N) is 3. The molecular weight excluding hydrogens is 314 g/mol. The molecule has 0 radical (unpaired) electrons. The largest absolute Gasteiger partial charge is 0.315 e. The van der Waals surface area contributed by atoms with E-state index in [1.165, 1.54) is 11.3 Å². The van der Waals surface area contributed by atoms with Gasteiger partial charge in [-0.25, -0.2) is 9.97 Å². The Morgan fingerprint density at radius 3 is 2.78 bits per heavy atom. The Kier molecular flexibility index (Phi) is 4.35. The molecule has 0 unspecified atom stereocenters. The van der Waals surface area contributed by atoms with Gasteiger partial charge in [0.15, 0.2) is 5.13 Å². The van der Waals surface area contributed by atoms with E-state index in [1.54, 1.807) is 12.1 Å². The van der Waals surface area contributed by atoms with Gasteiger partial charge in [-0.1, -0.05) is 6.07 Å². The lowest BCUT2D eigenvalue weighted by Crippen LogP contribution is -2.29. The van der Waals surface area contributed by atoms with E-state index in [9.17, 15) is 9.59 Å². The highest BCUT2D eigenvalue weighted by atomic mass is 32.1. The molecule has 1 aliphatic rings. The molecule has 0 atom stereocenters. The van der Waals surface area contributed by atoms with E-state index in [4.69, 9.17) is 0 Å². The van der Waals surface area contributed by atoms with Crippen molar-refractivity contribution in [3.63, 3.8) is 0 Å². The van der Waals surface area contributed by atoms with Crippen LogP contribution < -0.4 is 10.6 Å². The topological polar surface area (TPSA) is 87.2 Å². The normalized spacial score (nSPS) is 14.2. The number of aromatic nitrogens is 2. The molecule has 3 heterocycles. The van der Waals surface area contributed by atoms with Crippen LogP contribution in [-0.4, -0.2) is 40.3 Å². The number of hydrogen-bond donors (Lipinski definition) is 2. The second-order valence-electron chi connectivity index (χ2n) is 5.45. The third-order valence-corrected chi connectivity index (χ3v) is 4.48. The highest BCUT2D eigenvalue weighted by molar-refractivity contribution is 7.16. The number of carbonyl (C=O) groups is 2. The summed E-state index contributed by atoms with van der Waals surface area (Å²) in [7, 11) is 2.04. The van der Waals surface area contributed by atoms with Gasteiger partial charge in [-0.2, -0.15) is 0 Å². The SMILES string of the molecule is Cc1cccc(NC(=O)C(=O)Nc2nc3c(s2)CN(C)CC3)n1. The third-order valence-electron chi connectivity index (χ3n) is 3.48. The molecule has 0 bridgehead atoms. The van der Waals surface area contributed by atoms with Crippen molar-refractivity contribution >= 4 is 34.1 Å². The van der Waals surface area contributed by atoms with Crippen molar-refractivity contribution < 1.29 is 9.59 Å². The first-order valence-electron chi connectivity index (χ1n) is 7.24. The molecule has 0 fully saturated rings. The first-order chi connectivity index (χ1) is 11.0. The van der Waals surface area contributed by atoms with Gasteiger partial charge >= 0.3 is 11.8 Å². The van der Waals surface area contributed by atoms with Crippen LogP contribution in [0.3, 0.4) is 0 Å². The van der Waals surface area contributed by atoms with Crippen LogP contribution in [0.1, 0.15) is 16.3 Å². The highest BCUT2D eigenvalue weighted by Gasteiger charge is 2.21. The van der Waals surface area contributed by atoms with Gasteiger partial charge in [-0.3, -0.25) is 14.9 Å². The van der Waals surface area contributed by atoms with Gasteiger partial charge in [0.05, 0.1) is 5.69 Å². The molecule has 2 amide bonds. The summed E-state index contributed by atoms with van der Waals surface area (Å²) in [6.45, 7) is 3.58. The molecule has 1 aliphatic heterocycles. The summed E-state index contributed by atoms with van der Waals surface area (Å²) >= 11 is 1.41. The number of anilines is 2. The number of aryl methyl sites for hydroxylation is 1. The molecule has 0 aliphatic carbocycles. The van der Waals surface area contributed by atoms with Gasteiger partial charge in [0.25, 0.3) is 0 Å². The van der Waals surface area contributed by atoms with E-state index >= 15 is 0 Å². The minimum atomic E-state index is -0.756. The average Bonchev–Trinajstić information content (AvgIpc) is 2.88. The molecule has 2 aromatic heterocycles. The van der Waals surface area contributed by atoms with Crippen molar-refractivity contribution in [3.8, 4) is 0 Å². The van der Waals surface area contributed by atoms with Gasteiger partial charge in [-0.05, 0) is 26.1 Å². The number of thiazole rings is 1. The van der Waals surface area contributed by atoms with Crippen molar-refractivity contribution in [2.45, 2.75) is 19.9 Å². The predicted octanol–water partition coefficient (Wildman–Crippen LogP) is 1.41. The number of amides is 2. The summed E-state index contributed by atoms with van der Waals surface area (Å²) in [6, 6.07) is 5.21. The van der Waals surface area contributed by atoms with Crippen LogP contribution in [0.2, 0.25) is 0 Å². The van der Waals surface area contributed by atoms with E-state index in [0.717, 1.165) is 35.8 Å². The van der Waals surface area contributed by atoms with E-state index in [-0.39, 0.29) is 0 Å². The molecule has 0 spiro atoms. The summed E-state index contributed by atoms with van der Waals surface area (Å²) in [6.07, 6.45) is 0.859. The second-order valence-corrected chi connectivity index (χ2v) is 6.53. The van der Waals surface area contributed by atoms with Crippen molar-refractivity contribution in [1.82, 2.24) is 14.9 Å². The Balaban J connectivity index is 1.64. The molecule has 0 saturated carbocycles. The van der Waals surface area contributed by atoms with Crippen LogP contribution in [0, 0.1) is 6.92 Å². The molecule has 120 valence electrons. The molecule has 8 heteroatoms. The van der Waals surface area contributed by atoms with Gasteiger partial charge in [-0.15, -0.1) is 11.3 Å². The standard InChI is InChI=1S/C15H17N5O2S/c1-9-4-3-5-12(16-9)18-13(21)14(22)19-15-17-10-6-7-20(2)8-11(10)23-15/h3-5H,6-8H2,1-2H3,(H,16,18,21)(H,17,19,22). The lowest BCUT2D eigenvalue weighted by atomic mass is 10.2. The van der Waals surface area contributed by atoms with Crippen LogP contribution in [0.5, 0.6) is 0 Å². The fourth-order valence-corrected chi connectivity index (χ4v) is 3.40. The first-order valence-corrected chi connectivity index (χ1v) is 8.06. The summed E-state index contributed by atoms with van der Waals surface area (Å²) in [5.74, 6) is -1.15.